The van der Waals surface area contributed by atoms with Crippen LogP contribution in [-0.2, 0) is 19.4 Å². The maximum Gasteiger partial charge on any atom is 0.223 e. The van der Waals surface area contributed by atoms with Crippen LogP contribution < -0.4 is 5.32 Å². The van der Waals surface area contributed by atoms with Gasteiger partial charge in [0.1, 0.15) is 12.1 Å². The van der Waals surface area contributed by atoms with E-state index in [2.05, 4.69) is 30.3 Å². The zero-order chi connectivity index (χ0) is 15.6. The van der Waals surface area contributed by atoms with Crippen LogP contribution in [0.1, 0.15) is 42.2 Å². The fourth-order valence-electron chi connectivity index (χ4n) is 3.60. The van der Waals surface area contributed by atoms with Crippen LogP contribution in [0.15, 0.2) is 10.9 Å². The van der Waals surface area contributed by atoms with Gasteiger partial charge in [-0.25, -0.2) is 9.97 Å². The SMILES string of the molecule is Cc1nc(CN2CCCC(Nc3ncnc4c3CCC4)C2)no1. The summed E-state index contributed by atoms with van der Waals surface area (Å²) in [4.78, 5) is 15.6. The monoisotopic (exact) mass is 314 g/mol. The first-order chi connectivity index (χ1) is 11.3. The van der Waals surface area contributed by atoms with Crippen LogP contribution in [0.25, 0.3) is 0 Å². The summed E-state index contributed by atoms with van der Waals surface area (Å²) in [5, 5.41) is 7.64. The Labute approximate surface area is 135 Å². The third kappa shape index (κ3) is 3.19. The first-order valence-electron chi connectivity index (χ1n) is 8.39. The van der Waals surface area contributed by atoms with E-state index in [-0.39, 0.29) is 0 Å². The lowest BCUT2D eigenvalue weighted by molar-refractivity contribution is 0.201. The van der Waals surface area contributed by atoms with Gasteiger partial charge in [0.25, 0.3) is 0 Å². The molecule has 0 bridgehead atoms. The Morgan fingerprint density at radius 3 is 3.13 bits per heavy atom. The zero-order valence-corrected chi connectivity index (χ0v) is 13.5. The summed E-state index contributed by atoms with van der Waals surface area (Å²) >= 11 is 0. The second-order valence-corrected chi connectivity index (χ2v) is 6.45. The Balaban J connectivity index is 1.41. The van der Waals surface area contributed by atoms with Crippen molar-refractivity contribution in [2.24, 2.45) is 0 Å². The number of hydrogen-bond acceptors (Lipinski definition) is 7. The molecule has 0 amide bonds. The predicted molar refractivity (Wildman–Crippen MR) is 85.0 cm³/mol. The highest BCUT2D eigenvalue weighted by Crippen LogP contribution is 2.26. The number of fused-ring (bicyclic) bond motifs is 1. The minimum Gasteiger partial charge on any atom is -0.366 e. The first-order valence-corrected chi connectivity index (χ1v) is 8.39. The zero-order valence-electron chi connectivity index (χ0n) is 13.5. The van der Waals surface area contributed by atoms with E-state index < -0.39 is 0 Å². The van der Waals surface area contributed by atoms with Gasteiger partial charge < -0.3 is 9.84 Å². The Kier molecular flexibility index (Phi) is 3.95. The van der Waals surface area contributed by atoms with Gasteiger partial charge in [0.15, 0.2) is 5.82 Å². The Hall–Kier alpha value is -2.02. The fourth-order valence-corrected chi connectivity index (χ4v) is 3.60. The predicted octanol–water partition coefficient (Wildman–Crippen LogP) is 1.73. The van der Waals surface area contributed by atoms with Gasteiger partial charge in [-0.2, -0.15) is 4.98 Å². The minimum absolute atomic E-state index is 0.413. The summed E-state index contributed by atoms with van der Waals surface area (Å²) in [5.41, 5.74) is 2.54. The van der Waals surface area contributed by atoms with E-state index in [1.54, 1.807) is 6.33 Å². The average Bonchev–Trinajstić information content (AvgIpc) is 3.17. The van der Waals surface area contributed by atoms with Gasteiger partial charge in [0.2, 0.25) is 5.89 Å². The maximum atomic E-state index is 5.06. The third-order valence-corrected chi connectivity index (χ3v) is 4.66. The molecule has 2 aromatic rings. The van der Waals surface area contributed by atoms with Crippen molar-refractivity contribution in [1.82, 2.24) is 25.0 Å². The van der Waals surface area contributed by atoms with Gasteiger partial charge in [-0.3, -0.25) is 4.90 Å². The van der Waals surface area contributed by atoms with Gasteiger partial charge in [0, 0.05) is 30.8 Å². The number of aryl methyl sites for hydroxylation is 2. The van der Waals surface area contributed by atoms with Crippen LogP contribution in [0.2, 0.25) is 0 Å². The van der Waals surface area contributed by atoms with Crippen molar-refractivity contribution in [3.05, 3.63) is 29.3 Å². The van der Waals surface area contributed by atoms with E-state index >= 15 is 0 Å². The summed E-state index contributed by atoms with van der Waals surface area (Å²) in [5.74, 6) is 2.43. The Morgan fingerprint density at radius 2 is 2.26 bits per heavy atom. The third-order valence-electron chi connectivity index (χ3n) is 4.66. The number of piperidine rings is 1. The second kappa shape index (κ2) is 6.23. The van der Waals surface area contributed by atoms with Crippen LogP contribution in [-0.4, -0.2) is 44.1 Å². The van der Waals surface area contributed by atoms with Crippen molar-refractivity contribution in [2.75, 3.05) is 18.4 Å². The van der Waals surface area contributed by atoms with Crippen molar-refractivity contribution in [3.63, 3.8) is 0 Å². The molecule has 0 radical (unpaired) electrons. The van der Waals surface area contributed by atoms with Crippen LogP contribution in [0.4, 0.5) is 5.82 Å². The van der Waals surface area contributed by atoms with Crippen LogP contribution in [0.5, 0.6) is 0 Å². The van der Waals surface area contributed by atoms with Gasteiger partial charge in [-0.1, -0.05) is 5.16 Å². The second-order valence-electron chi connectivity index (χ2n) is 6.45. The van der Waals surface area contributed by atoms with E-state index in [4.69, 9.17) is 4.52 Å². The van der Waals surface area contributed by atoms with Crippen molar-refractivity contribution in [1.29, 1.82) is 0 Å². The number of hydrogen-bond donors (Lipinski definition) is 1. The number of aromatic nitrogens is 4. The smallest absolute Gasteiger partial charge is 0.223 e. The van der Waals surface area contributed by atoms with Gasteiger partial charge in [-0.15, -0.1) is 0 Å². The lowest BCUT2D eigenvalue weighted by atomic mass is 10.1. The van der Waals surface area contributed by atoms with Crippen molar-refractivity contribution < 1.29 is 4.52 Å². The summed E-state index contributed by atoms with van der Waals surface area (Å²) in [6.45, 7) is 4.63. The Bertz CT molecular complexity index is 685. The summed E-state index contributed by atoms with van der Waals surface area (Å²) in [7, 11) is 0. The number of nitrogens with zero attached hydrogens (tertiary/aromatic N) is 5. The molecule has 0 saturated carbocycles. The minimum atomic E-state index is 0.413. The molecule has 0 spiro atoms. The molecule has 3 heterocycles. The normalized spacial score (nSPS) is 21.3. The first kappa shape index (κ1) is 14.6. The van der Waals surface area contributed by atoms with Gasteiger partial charge in [-0.05, 0) is 38.6 Å². The summed E-state index contributed by atoms with van der Waals surface area (Å²) in [6.07, 6.45) is 7.39. The highest BCUT2D eigenvalue weighted by atomic mass is 16.5. The lowest BCUT2D eigenvalue weighted by Crippen LogP contribution is -2.42. The largest absolute Gasteiger partial charge is 0.366 e. The van der Waals surface area contributed by atoms with Gasteiger partial charge in [0.05, 0.1) is 6.54 Å². The van der Waals surface area contributed by atoms with Crippen LogP contribution in [0, 0.1) is 6.92 Å². The molecule has 0 aromatic carbocycles. The van der Waals surface area contributed by atoms with Gasteiger partial charge >= 0.3 is 0 Å². The molecule has 1 aliphatic heterocycles. The molecular formula is C16H22N6O. The molecule has 122 valence electrons. The standard InChI is InChI=1S/C16H22N6O/c1-11-19-15(21-23-11)9-22-7-3-4-12(8-22)20-16-13-5-2-6-14(13)17-10-18-16/h10,12H,2-9H2,1H3,(H,17,18,20). The molecule has 1 fully saturated rings. The number of anilines is 1. The highest BCUT2D eigenvalue weighted by molar-refractivity contribution is 5.48. The maximum absolute atomic E-state index is 5.06. The molecule has 2 aliphatic rings. The number of rotatable bonds is 4. The van der Waals surface area contributed by atoms with E-state index in [1.165, 1.54) is 30.5 Å². The summed E-state index contributed by atoms with van der Waals surface area (Å²) < 4.78 is 5.06. The molecule has 1 atom stereocenters. The Morgan fingerprint density at radius 1 is 1.30 bits per heavy atom. The molecule has 1 N–H and O–H groups in total. The van der Waals surface area contributed by atoms with Crippen LogP contribution in [0.3, 0.4) is 0 Å². The van der Waals surface area contributed by atoms with E-state index in [0.29, 0.717) is 11.9 Å². The topological polar surface area (TPSA) is 80.0 Å². The number of likely N-dealkylation sites (tertiary alicyclic amines) is 1. The molecule has 23 heavy (non-hydrogen) atoms. The highest BCUT2D eigenvalue weighted by Gasteiger charge is 2.24. The van der Waals surface area contributed by atoms with Crippen molar-refractivity contribution >= 4 is 5.82 Å². The molecule has 2 aromatic heterocycles. The number of nitrogens with one attached hydrogen (secondary N) is 1. The molecule has 1 unspecified atom stereocenters. The molecule has 1 saturated heterocycles. The fraction of sp³-hybridized carbons (Fsp3) is 0.625. The summed E-state index contributed by atoms with van der Waals surface area (Å²) in [6, 6.07) is 0.413. The van der Waals surface area contributed by atoms with E-state index in [1.807, 2.05) is 6.92 Å². The van der Waals surface area contributed by atoms with Crippen molar-refractivity contribution in [3.8, 4) is 0 Å². The lowest BCUT2D eigenvalue weighted by Gasteiger charge is -2.32. The van der Waals surface area contributed by atoms with Crippen LogP contribution >= 0.6 is 0 Å². The van der Waals surface area contributed by atoms with E-state index in [0.717, 1.165) is 44.1 Å². The molecular weight excluding hydrogens is 292 g/mol. The average molecular weight is 314 g/mol. The quantitative estimate of drug-likeness (QED) is 0.920. The van der Waals surface area contributed by atoms with E-state index in [9.17, 15) is 0 Å². The van der Waals surface area contributed by atoms with Crippen molar-refractivity contribution in [2.45, 2.75) is 51.6 Å². The molecule has 7 heteroatoms. The molecule has 1 aliphatic carbocycles. The molecule has 4 rings (SSSR count). The molecule has 7 nitrogen and oxygen atoms in total.